The lowest BCUT2D eigenvalue weighted by molar-refractivity contribution is 0.229. The summed E-state index contributed by atoms with van der Waals surface area (Å²) in [5.41, 5.74) is 0. The van der Waals surface area contributed by atoms with Crippen LogP contribution in [-0.4, -0.2) is 12.1 Å². The molecular weight excluding hydrogens is 244 g/mol. The van der Waals surface area contributed by atoms with Crippen LogP contribution in [0, 0.1) is 5.92 Å². The maximum Gasteiger partial charge on any atom is 0.315 e. The third-order valence-corrected chi connectivity index (χ3v) is 4.45. The predicted octanol–water partition coefficient (Wildman–Crippen LogP) is 3.69. The van der Waals surface area contributed by atoms with Crippen LogP contribution in [0.5, 0.6) is 0 Å². The highest BCUT2D eigenvalue weighted by Crippen LogP contribution is 2.25. The zero-order valence-electron chi connectivity index (χ0n) is 11.1. The van der Waals surface area contributed by atoms with Crippen molar-refractivity contribution in [2.45, 2.75) is 51.6 Å². The number of carbonyl (C=O) groups is 1. The van der Waals surface area contributed by atoms with Crippen molar-refractivity contribution in [1.29, 1.82) is 0 Å². The lowest BCUT2D eigenvalue weighted by Crippen LogP contribution is -2.43. The minimum Gasteiger partial charge on any atom is -0.335 e. The van der Waals surface area contributed by atoms with E-state index in [-0.39, 0.29) is 12.1 Å². The molecule has 0 aromatic carbocycles. The molecule has 1 aliphatic rings. The van der Waals surface area contributed by atoms with Gasteiger partial charge in [-0.25, -0.2) is 4.79 Å². The van der Waals surface area contributed by atoms with Crippen molar-refractivity contribution in [3.05, 3.63) is 22.4 Å². The Hall–Kier alpha value is -1.03. The third-order valence-electron chi connectivity index (χ3n) is 3.49. The summed E-state index contributed by atoms with van der Waals surface area (Å²) in [5.74, 6) is 0.401. The highest BCUT2D eigenvalue weighted by atomic mass is 32.1. The number of hydrogen-bond donors (Lipinski definition) is 2. The Morgan fingerprint density at radius 1 is 1.39 bits per heavy atom. The van der Waals surface area contributed by atoms with E-state index in [0.29, 0.717) is 12.0 Å². The predicted molar refractivity (Wildman–Crippen MR) is 75.8 cm³/mol. The van der Waals surface area contributed by atoms with Crippen molar-refractivity contribution in [2.75, 3.05) is 0 Å². The first-order valence-electron chi connectivity index (χ1n) is 6.77. The van der Waals surface area contributed by atoms with E-state index in [1.165, 1.54) is 17.7 Å². The van der Waals surface area contributed by atoms with Gasteiger partial charge in [-0.3, -0.25) is 0 Å². The lowest BCUT2D eigenvalue weighted by Gasteiger charge is -2.23. The summed E-state index contributed by atoms with van der Waals surface area (Å²) in [5, 5.41) is 8.24. The lowest BCUT2D eigenvalue weighted by atomic mass is 10.0. The summed E-state index contributed by atoms with van der Waals surface area (Å²) in [6.07, 6.45) is 4.73. The molecule has 0 aliphatic heterocycles. The SMILES string of the molecule is CC(C)C(NC(=O)NC1CCCC1)c1cccs1. The Labute approximate surface area is 113 Å². The highest BCUT2D eigenvalue weighted by molar-refractivity contribution is 7.10. The molecule has 1 unspecified atom stereocenters. The second-order valence-electron chi connectivity index (χ2n) is 5.34. The van der Waals surface area contributed by atoms with Gasteiger partial charge in [-0.15, -0.1) is 11.3 Å². The van der Waals surface area contributed by atoms with Gasteiger partial charge >= 0.3 is 6.03 Å². The Bertz CT molecular complexity index is 369. The molecule has 0 bridgehead atoms. The average molecular weight is 266 g/mol. The van der Waals surface area contributed by atoms with E-state index in [1.54, 1.807) is 11.3 Å². The fourth-order valence-electron chi connectivity index (χ4n) is 2.47. The second kappa shape index (κ2) is 6.23. The molecule has 2 rings (SSSR count). The fourth-order valence-corrected chi connectivity index (χ4v) is 3.42. The molecule has 4 heteroatoms. The molecule has 1 aromatic heterocycles. The van der Waals surface area contributed by atoms with E-state index in [2.05, 4.69) is 35.9 Å². The molecule has 18 heavy (non-hydrogen) atoms. The number of hydrogen-bond acceptors (Lipinski definition) is 2. The van der Waals surface area contributed by atoms with Crippen LogP contribution in [0.4, 0.5) is 4.79 Å². The summed E-state index contributed by atoms with van der Waals surface area (Å²) in [6.45, 7) is 4.28. The molecular formula is C14H22N2OS. The third kappa shape index (κ3) is 3.48. The van der Waals surface area contributed by atoms with Gasteiger partial charge in [0.25, 0.3) is 0 Å². The molecule has 1 atom stereocenters. The maximum absolute atomic E-state index is 12.0. The van der Waals surface area contributed by atoms with E-state index in [9.17, 15) is 4.79 Å². The van der Waals surface area contributed by atoms with Crippen molar-refractivity contribution in [3.63, 3.8) is 0 Å². The number of urea groups is 1. The minimum atomic E-state index is -0.0194. The summed E-state index contributed by atoms with van der Waals surface area (Å²) in [6, 6.07) is 4.60. The zero-order chi connectivity index (χ0) is 13.0. The van der Waals surface area contributed by atoms with Crippen LogP contribution in [0.25, 0.3) is 0 Å². The van der Waals surface area contributed by atoms with Gasteiger partial charge in [0.2, 0.25) is 0 Å². The van der Waals surface area contributed by atoms with Crippen molar-refractivity contribution in [1.82, 2.24) is 10.6 Å². The molecule has 0 spiro atoms. The summed E-state index contributed by atoms with van der Waals surface area (Å²) in [7, 11) is 0. The first kappa shape index (κ1) is 13.4. The van der Waals surface area contributed by atoms with Gasteiger partial charge in [0.15, 0.2) is 0 Å². The summed E-state index contributed by atoms with van der Waals surface area (Å²) in [4.78, 5) is 13.2. The van der Waals surface area contributed by atoms with Gasteiger partial charge in [0.1, 0.15) is 0 Å². The van der Waals surface area contributed by atoms with Crippen LogP contribution in [0.1, 0.15) is 50.4 Å². The Kier molecular flexibility index (Phi) is 4.64. The van der Waals surface area contributed by atoms with Gasteiger partial charge < -0.3 is 10.6 Å². The second-order valence-corrected chi connectivity index (χ2v) is 6.32. The molecule has 0 saturated heterocycles. The van der Waals surface area contributed by atoms with Crippen molar-refractivity contribution < 1.29 is 4.79 Å². The molecule has 3 nitrogen and oxygen atoms in total. The van der Waals surface area contributed by atoms with Gasteiger partial charge in [-0.2, -0.15) is 0 Å². The van der Waals surface area contributed by atoms with E-state index in [0.717, 1.165) is 12.8 Å². The normalized spacial score (nSPS) is 17.9. The Morgan fingerprint density at radius 2 is 2.11 bits per heavy atom. The summed E-state index contributed by atoms with van der Waals surface area (Å²) >= 11 is 1.70. The smallest absolute Gasteiger partial charge is 0.315 e. The number of rotatable bonds is 4. The number of carbonyl (C=O) groups excluding carboxylic acids is 1. The first-order chi connectivity index (χ1) is 8.66. The van der Waals surface area contributed by atoms with Crippen LogP contribution in [-0.2, 0) is 0 Å². The van der Waals surface area contributed by atoms with Crippen LogP contribution < -0.4 is 10.6 Å². The van der Waals surface area contributed by atoms with Crippen LogP contribution in [0.2, 0.25) is 0 Å². The van der Waals surface area contributed by atoms with Gasteiger partial charge in [0.05, 0.1) is 6.04 Å². The van der Waals surface area contributed by atoms with E-state index in [4.69, 9.17) is 0 Å². The quantitative estimate of drug-likeness (QED) is 0.857. The number of nitrogens with one attached hydrogen (secondary N) is 2. The molecule has 100 valence electrons. The van der Waals surface area contributed by atoms with Crippen molar-refractivity contribution in [3.8, 4) is 0 Å². The standard InChI is InChI=1S/C14H22N2OS/c1-10(2)13(12-8-5-9-18-12)16-14(17)15-11-6-3-4-7-11/h5,8-11,13H,3-4,6-7H2,1-2H3,(H2,15,16,17). The molecule has 2 amide bonds. The molecule has 2 N–H and O–H groups in total. The number of amides is 2. The maximum atomic E-state index is 12.0. The summed E-state index contributed by atoms with van der Waals surface area (Å²) < 4.78 is 0. The van der Waals surface area contributed by atoms with Crippen LogP contribution in [0.3, 0.4) is 0 Å². The zero-order valence-corrected chi connectivity index (χ0v) is 11.9. The Balaban J connectivity index is 1.90. The number of thiophene rings is 1. The van der Waals surface area contributed by atoms with Crippen molar-refractivity contribution in [2.24, 2.45) is 5.92 Å². The van der Waals surface area contributed by atoms with Crippen LogP contribution >= 0.6 is 11.3 Å². The molecule has 1 fully saturated rings. The molecule has 1 aromatic rings. The monoisotopic (exact) mass is 266 g/mol. The highest BCUT2D eigenvalue weighted by Gasteiger charge is 2.22. The Morgan fingerprint density at radius 3 is 2.67 bits per heavy atom. The average Bonchev–Trinajstić information content (AvgIpc) is 2.97. The van der Waals surface area contributed by atoms with E-state index >= 15 is 0 Å². The molecule has 0 radical (unpaired) electrons. The largest absolute Gasteiger partial charge is 0.335 e. The minimum absolute atomic E-state index is 0.0194. The fraction of sp³-hybridized carbons (Fsp3) is 0.643. The molecule has 1 saturated carbocycles. The first-order valence-corrected chi connectivity index (χ1v) is 7.65. The topological polar surface area (TPSA) is 41.1 Å². The molecule has 1 aliphatic carbocycles. The van der Waals surface area contributed by atoms with Gasteiger partial charge in [-0.05, 0) is 30.2 Å². The van der Waals surface area contributed by atoms with Gasteiger partial charge in [-0.1, -0.05) is 32.8 Å². The van der Waals surface area contributed by atoms with E-state index < -0.39 is 0 Å². The van der Waals surface area contributed by atoms with E-state index in [1.807, 2.05) is 6.07 Å². The van der Waals surface area contributed by atoms with Crippen molar-refractivity contribution >= 4 is 17.4 Å². The van der Waals surface area contributed by atoms with Gasteiger partial charge in [0, 0.05) is 10.9 Å². The molecule has 1 heterocycles. The van der Waals surface area contributed by atoms with Crippen LogP contribution in [0.15, 0.2) is 17.5 Å².